The summed E-state index contributed by atoms with van der Waals surface area (Å²) in [6.45, 7) is 5.33. The lowest BCUT2D eigenvalue weighted by Crippen LogP contribution is -2.43. The molecule has 1 aromatic carbocycles. The predicted octanol–water partition coefficient (Wildman–Crippen LogP) is 2.72. The van der Waals surface area contributed by atoms with Crippen molar-refractivity contribution in [2.75, 3.05) is 27.2 Å². The van der Waals surface area contributed by atoms with Gasteiger partial charge >= 0.3 is 0 Å². The fraction of sp³-hybridized carbons (Fsp3) is 0.500. The highest BCUT2D eigenvalue weighted by Gasteiger charge is 2.32. The molecule has 1 N–H and O–H groups in total. The van der Waals surface area contributed by atoms with Crippen molar-refractivity contribution in [3.63, 3.8) is 0 Å². The summed E-state index contributed by atoms with van der Waals surface area (Å²) < 4.78 is 0. The molecule has 108 valence electrons. The minimum absolute atomic E-state index is 0. The molecule has 5 heteroatoms. The van der Waals surface area contributed by atoms with Gasteiger partial charge in [0.2, 0.25) is 5.91 Å². The largest absolute Gasteiger partial charge is 0.344 e. The van der Waals surface area contributed by atoms with Crippen LogP contribution in [0.15, 0.2) is 24.3 Å². The number of hydrogen-bond acceptors (Lipinski definition) is 2. The van der Waals surface area contributed by atoms with Crippen LogP contribution in [0.3, 0.4) is 0 Å². The summed E-state index contributed by atoms with van der Waals surface area (Å²) in [6.07, 6.45) is 0. The minimum Gasteiger partial charge on any atom is -0.344 e. The van der Waals surface area contributed by atoms with Gasteiger partial charge in [-0.2, -0.15) is 0 Å². The van der Waals surface area contributed by atoms with E-state index in [1.165, 1.54) is 0 Å². The Kier molecular flexibility index (Phi) is 7.42. The third kappa shape index (κ3) is 4.68. The first kappa shape index (κ1) is 18.2. The maximum Gasteiger partial charge on any atom is 0.232 e. The second kappa shape index (κ2) is 7.73. The van der Waals surface area contributed by atoms with Crippen LogP contribution in [0.1, 0.15) is 19.4 Å². The van der Waals surface area contributed by atoms with Crippen LogP contribution in [0.4, 0.5) is 0 Å². The zero-order valence-electron chi connectivity index (χ0n) is 11.9. The van der Waals surface area contributed by atoms with E-state index in [4.69, 9.17) is 11.6 Å². The number of halogens is 2. The smallest absolute Gasteiger partial charge is 0.232 e. The summed E-state index contributed by atoms with van der Waals surface area (Å²) in [4.78, 5) is 14.2. The van der Waals surface area contributed by atoms with Crippen LogP contribution in [0, 0.1) is 0 Å². The summed E-state index contributed by atoms with van der Waals surface area (Å²) in [7, 11) is 3.70. The summed E-state index contributed by atoms with van der Waals surface area (Å²) in [5, 5.41) is 3.70. The van der Waals surface area contributed by atoms with Crippen molar-refractivity contribution in [3.8, 4) is 0 Å². The number of likely N-dealkylation sites (N-methyl/N-ethyl adjacent to an activating group) is 2. The average molecular weight is 305 g/mol. The molecule has 0 radical (unpaired) electrons. The standard InChI is InChI=1S/C14H21ClN2O.ClH/c1-14(2,11-6-5-7-12(15)10-11)13(18)17(4)9-8-16-3;/h5-7,10,16H,8-9H2,1-4H3;1H. The molecular weight excluding hydrogens is 283 g/mol. The molecule has 0 aliphatic rings. The molecule has 0 fully saturated rings. The van der Waals surface area contributed by atoms with Crippen LogP contribution in [0.5, 0.6) is 0 Å². The van der Waals surface area contributed by atoms with Gasteiger partial charge < -0.3 is 10.2 Å². The number of nitrogens with one attached hydrogen (secondary N) is 1. The van der Waals surface area contributed by atoms with E-state index in [-0.39, 0.29) is 18.3 Å². The minimum atomic E-state index is -0.562. The van der Waals surface area contributed by atoms with Crippen molar-refractivity contribution in [1.29, 1.82) is 0 Å². The molecule has 19 heavy (non-hydrogen) atoms. The van der Waals surface area contributed by atoms with Gasteiger partial charge in [0.05, 0.1) is 5.41 Å². The zero-order chi connectivity index (χ0) is 13.8. The predicted molar refractivity (Wildman–Crippen MR) is 83.3 cm³/mol. The van der Waals surface area contributed by atoms with Crippen LogP contribution < -0.4 is 5.32 Å². The first-order valence-electron chi connectivity index (χ1n) is 6.06. The van der Waals surface area contributed by atoms with E-state index in [9.17, 15) is 4.79 Å². The Labute approximate surface area is 126 Å². The van der Waals surface area contributed by atoms with Crippen molar-refractivity contribution in [2.45, 2.75) is 19.3 Å². The van der Waals surface area contributed by atoms with Gasteiger partial charge in [0.1, 0.15) is 0 Å². The van der Waals surface area contributed by atoms with E-state index in [1.54, 1.807) is 4.90 Å². The van der Waals surface area contributed by atoms with E-state index in [1.807, 2.05) is 52.2 Å². The highest BCUT2D eigenvalue weighted by atomic mass is 35.5. The monoisotopic (exact) mass is 304 g/mol. The molecule has 0 bridgehead atoms. The SMILES string of the molecule is CNCCN(C)C(=O)C(C)(C)c1cccc(Cl)c1.Cl. The van der Waals surface area contributed by atoms with Gasteiger partial charge in [0, 0.05) is 25.2 Å². The first-order valence-corrected chi connectivity index (χ1v) is 6.43. The third-order valence-electron chi connectivity index (χ3n) is 3.12. The number of rotatable bonds is 5. The topological polar surface area (TPSA) is 32.3 Å². The van der Waals surface area contributed by atoms with E-state index in [0.717, 1.165) is 12.1 Å². The number of amides is 1. The number of nitrogens with zero attached hydrogens (tertiary/aromatic N) is 1. The Morgan fingerprint density at radius 1 is 1.42 bits per heavy atom. The highest BCUT2D eigenvalue weighted by molar-refractivity contribution is 6.30. The zero-order valence-corrected chi connectivity index (χ0v) is 13.4. The summed E-state index contributed by atoms with van der Waals surface area (Å²) in [5.74, 6) is 0.0972. The van der Waals surface area contributed by atoms with Crippen molar-refractivity contribution in [2.24, 2.45) is 0 Å². The molecule has 0 atom stereocenters. The molecule has 0 aliphatic carbocycles. The van der Waals surface area contributed by atoms with E-state index in [2.05, 4.69) is 5.32 Å². The molecule has 1 aromatic rings. The van der Waals surface area contributed by atoms with Crippen LogP contribution in [0.25, 0.3) is 0 Å². The molecule has 0 spiro atoms. The van der Waals surface area contributed by atoms with Gasteiger partial charge in [0.25, 0.3) is 0 Å². The first-order chi connectivity index (χ1) is 8.39. The Hall–Kier alpha value is -0.770. The molecule has 1 rings (SSSR count). The van der Waals surface area contributed by atoms with Crippen molar-refractivity contribution >= 4 is 29.9 Å². The summed E-state index contributed by atoms with van der Waals surface area (Å²) >= 11 is 5.98. The van der Waals surface area contributed by atoms with Gasteiger partial charge in [-0.05, 0) is 38.6 Å². The molecule has 0 saturated heterocycles. The van der Waals surface area contributed by atoms with Gasteiger partial charge in [-0.1, -0.05) is 23.7 Å². The normalized spacial score (nSPS) is 10.8. The Bertz CT molecular complexity index is 422. The molecule has 0 saturated carbocycles. The maximum absolute atomic E-state index is 12.4. The Morgan fingerprint density at radius 3 is 2.58 bits per heavy atom. The second-order valence-corrected chi connectivity index (χ2v) is 5.40. The van der Waals surface area contributed by atoms with Crippen LogP contribution in [0.2, 0.25) is 5.02 Å². The number of carbonyl (C=O) groups is 1. The second-order valence-electron chi connectivity index (χ2n) is 4.97. The van der Waals surface area contributed by atoms with Gasteiger partial charge in [-0.15, -0.1) is 12.4 Å². The van der Waals surface area contributed by atoms with Crippen LogP contribution >= 0.6 is 24.0 Å². The average Bonchev–Trinajstić information content (AvgIpc) is 2.34. The molecular formula is C14H22Cl2N2O. The van der Waals surface area contributed by atoms with Crippen molar-refractivity contribution in [3.05, 3.63) is 34.9 Å². The Morgan fingerprint density at radius 2 is 2.05 bits per heavy atom. The molecule has 3 nitrogen and oxygen atoms in total. The summed E-state index contributed by atoms with van der Waals surface area (Å²) in [5.41, 5.74) is 0.379. The quantitative estimate of drug-likeness (QED) is 0.907. The van der Waals surface area contributed by atoms with E-state index in [0.29, 0.717) is 11.6 Å². The fourth-order valence-electron chi connectivity index (χ4n) is 1.86. The van der Waals surface area contributed by atoms with Crippen molar-refractivity contribution < 1.29 is 4.79 Å². The lowest BCUT2D eigenvalue weighted by molar-refractivity contribution is -0.134. The number of carbonyl (C=O) groups excluding carboxylic acids is 1. The lowest BCUT2D eigenvalue weighted by atomic mass is 9.83. The van der Waals surface area contributed by atoms with E-state index >= 15 is 0 Å². The lowest BCUT2D eigenvalue weighted by Gasteiger charge is -2.30. The van der Waals surface area contributed by atoms with Gasteiger partial charge in [-0.25, -0.2) is 0 Å². The maximum atomic E-state index is 12.4. The van der Waals surface area contributed by atoms with Crippen molar-refractivity contribution in [1.82, 2.24) is 10.2 Å². The number of hydrogen-bond donors (Lipinski definition) is 1. The third-order valence-corrected chi connectivity index (χ3v) is 3.36. The van der Waals surface area contributed by atoms with Crippen LogP contribution in [-0.2, 0) is 10.2 Å². The van der Waals surface area contributed by atoms with E-state index < -0.39 is 5.41 Å². The molecule has 0 aliphatic heterocycles. The van der Waals surface area contributed by atoms with Crippen LogP contribution in [-0.4, -0.2) is 38.0 Å². The highest BCUT2D eigenvalue weighted by Crippen LogP contribution is 2.27. The Balaban J connectivity index is 0.00000324. The molecule has 0 aromatic heterocycles. The molecule has 1 amide bonds. The molecule has 0 unspecified atom stereocenters. The van der Waals surface area contributed by atoms with Gasteiger partial charge in [0.15, 0.2) is 0 Å². The number of benzene rings is 1. The fourth-order valence-corrected chi connectivity index (χ4v) is 2.05. The summed E-state index contributed by atoms with van der Waals surface area (Å²) in [6, 6.07) is 7.48. The van der Waals surface area contributed by atoms with Gasteiger partial charge in [-0.3, -0.25) is 4.79 Å². The molecule has 0 heterocycles.